The Morgan fingerprint density at radius 3 is 2.31 bits per heavy atom. The number of aryl methyl sites for hydroxylation is 1. The highest BCUT2D eigenvalue weighted by atomic mass is 32.2. The van der Waals surface area contributed by atoms with Gasteiger partial charge in [0.25, 0.3) is 0 Å². The summed E-state index contributed by atoms with van der Waals surface area (Å²) in [6.07, 6.45) is 0. The zero-order valence-corrected chi connectivity index (χ0v) is 19.6. The van der Waals surface area contributed by atoms with E-state index >= 15 is 0 Å². The maximum Gasteiger partial charge on any atom is 0.236 e. The van der Waals surface area contributed by atoms with Crippen LogP contribution in [0.5, 0.6) is 0 Å². The molecule has 0 aliphatic carbocycles. The van der Waals surface area contributed by atoms with E-state index in [0.29, 0.717) is 22.5 Å². The molecule has 1 N–H and O–H groups in total. The summed E-state index contributed by atoms with van der Waals surface area (Å²) in [5.41, 5.74) is 3.21. The Morgan fingerprint density at radius 1 is 0.914 bits per heavy atom. The molecule has 0 atom stereocenters. The summed E-state index contributed by atoms with van der Waals surface area (Å²) in [6, 6.07) is 27.1. The number of anilines is 1. The molecule has 174 valence electrons. The normalized spacial score (nSPS) is 10.9. The lowest BCUT2D eigenvalue weighted by Gasteiger charge is -2.11. The van der Waals surface area contributed by atoms with Crippen LogP contribution in [0.25, 0.3) is 22.8 Å². The molecule has 0 saturated carbocycles. The number of thioether (sulfide) groups is 1. The quantitative estimate of drug-likeness (QED) is 0.317. The third-order valence-electron chi connectivity index (χ3n) is 5.18. The van der Waals surface area contributed by atoms with Crippen LogP contribution in [0.1, 0.15) is 5.69 Å². The Balaban J connectivity index is 1.38. The fourth-order valence-corrected chi connectivity index (χ4v) is 4.38. The SMILES string of the molecule is Cc1cc(NC(=O)CSc2nnc(-c3ccccc3)n2-c2ccc(F)cc2)n(-c2ccccc2)n1. The van der Waals surface area contributed by atoms with E-state index in [2.05, 4.69) is 20.6 Å². The van der Waals surface area contributed by atoms with Gasteiger partial charge in [-0.2, -0.15) is 5.10 Å². The first kappa shape index (κ1) is 22.5. The van der Waals surface area contributed by atoms with Crippen molar-refractivity contribution < 1.29 is 9.18 Å². The first-order valence-electron chi connectivity index (χ1n) is 10.9. The van der Waals surface area contributed by atoms with Crippen LogP contribution < -0.4 is 5.32 Å². The maximum absolute atomic E-state index is 13.6. The summed E-state index contributed by atoms with van der Waals surface area (Å²) >= 11 is 1.25. The van der Waals surface area contributed by atoms with Gasteiger partial charge in [0.05, 0.1) is 17.1 Å². The van der Waals surface area contributed by atoms with Crippen molar-refractivity contribution >= 4 is 23.5 Å². The number of carbonyl (C=O) groups is 1. The van der Waals surface area contributed by atoms with Gasteiger partial charge >= 0.3 is 0 Å². The molecule has 5 rings (SSSR count). The number of nitrogens with zero attached hydrogens (tertiary/aromatic N) is 5. The Labute approximate surface area is 205 Å². The molecule has 5 aromatic rings. The molecule has 35 heavy (non-hydrogen) atoms. The van der Waals surface area contributed by atoms with Crippen molar-refractivity contribution in [3.05, 3.63) is 103 Å². The first-order valence-corrected chi connectivity index (χ1v) is 11.9. The monoisotopic (exact) mass is 484 g/mol. The average molecular weight is 485 g/mol. The van der Waals surface area contributed by atoms with Crippen molar-refractivity contribution in [2.45, 2.75) is 12.1 Å². The Hall–Kier alpha value is -4.24. The number of rotatable bonds is 7. The zero-order valence-electron chi connectivity index (χ0n) is 18.8. The number of hydrogen-bond donors (Lipinski definition) is 1. The standard InChI is InChI=1S/C26H21FN6OS/c1-18-16-23(33(31-18)22-10-6-3-7-11-22)28-24(34)17-35-26-30-29-25(19-8-4-2-5-9-19)32(26)21-14-12-20(27)13-15-21/h2-16H,17H2,1H3,(H,28,34). The van der Waals surface area contributed by atoms with Crippen LogP contribution in [0, 0.1) is 12.7 Å². The summed E-state index contributed by atoms with van der Waals surface area (Å²) in [6.45, 7) is 1.88. The highest BCUT2D eigenvalue weighted by Gasteiger charge is 2.18. The number of halogens is 1. The molecule has 2 aromatic heterocycles. The van der Waals surface area contributed by atoms with E-state index < -0.39 is 0 Å². The van der Waals surface area contributed by atoms with Gasteiger partial charge in [-0.25, -0.2) is 9.07 Å². The average Bonchev–Trinajstić information content (AvgIpc) is 3.47. The maximum atomic E-state index is 13.6. The molecule has 1 amide bonds. The number of aromatic nitrogens is 5. The largest absolute Gasteiger partial charge is 0.310 e. The molecule has 0 bridgehead atoms. The van der Waals surface area contributed by atoms with Crippen molar-refractivity contribution in [3.63, 3.8) is 0 Å². The molecule has 2 heterocycles. The van der Waals surface area contributed by atoms with Crippen molar-refractivity contribution in [1.82, 2.24) is 24.5 Å². The summed E-state index contributed by atoms with van der Waals surface area (Å²) in [4.78, 5) is 12.9. The number of para-hydroxylation sites is 1. The number of benzene rings is 3. The molecule has 3 aromatic carbocycles. The molecule has 0 aliphatic heterocycles. The summed E-state index contributed by atoms with van der Waals surface area (Å²) in [7, 11) is 0. The molecular weight excluding hydrogens is 463 g/mol. The lowest BCUT2D eigenvalue weighted by Crippen LogP contribution is -2.17. The van der Waals surface area contributed by atoms with Crippen LogP contribution in [0.2, 0.25) is 0 Å². The van der Waals surface area contributed by atoms with Gasteiger partial charge in [-0.15, -0.1) is 10.2 Å². The predicted molar refractivity (Wildman–Crippen MR) is 134 cm³/mol. The topological polar surface area (TPSA) is 77.6 Å². The van der Waals surface area contributed by atoms with Gasteiger partial charge < -0.3 is 5.32 Å². The first-order chi connectivity index (χ1) is 17.1. The molecule has 0 fully saturated rings. The van der Waals surface area contributed by atoms with Gasteiger partial charge in [0.15, 0.2) is 11.0 Å². The second-order valence-corrected chi connectivity index (χ2v) is 8.68. The van der Waals surface area contributed by atoms with Crippen LogP contribution in [-0.2, 0) is 4.79 Å². The van der Waals surface area contributed by atoms with Gasteiger partial charge in [0, 0.05) is 17.3 Å². The Morgan fingerprint density at radius 2 is 1.60 bits per heavy atom. The molecule has 9 heteroatoms. The lowest BCUT2D eigenvalue weighted by atomic mass is 10.2. The lowest BCUT2D eigenvalue weighted by molar-refractivity contribution is -0.113. The van der Waals surface area contributed by atoms with Crippen molar-refractivity contribution in [2.24, 2.45) is 0 Å². The van der Waals surface area contributed by atoms with Gasteiger partial charge in [-0.1, -0.05) is 60.3 Å². The molecule has 0 saturated heterocycles. The summed E-state index contributed by atoms with van der Waals surface area (Å²) < 4.78 is 17.1. The van der Waals surface area contributed by atoms with Gasteiger partial charge in [-0.05, 0) is 43.3 Å². The summed E-state index contributed by atoms with van der Waals surface area (Å²) in [5.74, 6) is 0.763. The van der Waals surface area contributed by atoms with Gasteiger partial charge in [0.1, 0.15) is 11.6 Å². The third kappa shape index (κ3) is 4.99. The highest BCUT2D eigenvalue weighted by molar-refractivity contribution is 7.99. The second-order valence-electron chi connectivity index (χ2n) is 7.74. The smallest absolute Gasteiger partial charge is 0.236 e. The van der Waals surface area contributed by atoms with Crippen molar-refractivity contribution in [1.29, 1.82) is 0 Å². The molecule has 0 unspecified atom stereocenters. The van der Waals surface area contributed by atoms with Crippen LogP contribution in [0.3, 0.4) is 0 Å². The number of carbonyl (C=O) groups excluding carboxylic acids is 1. The fourth-order valence-electron chi connectivity index (χ4n) is 3.62. The number of nitrogens with one attached hydrogen (secondary N) is 1. The predicted octanol–water partition coefficient (Wildman–Crippen LogP) is 5.30. The van der Waals surface area contributed by atoms with Gasteiger partial charge in [0.2, 0.25) is 5.91 Å². The van der Waals surface area contributed by atoms with E-state index in [-0.39, 0.29) is 17.5 Å². The van der Waals surface area contributed by atoms with Crippen LogP contribution in [0.15, 0.2) is 96.2 Å². The highest BCUT2D eigenvalue weighted by Crippen LogP contribution is 2.28. The second kappa shape index (κ2) is 9.94. The minimum absolute atomic E-state index is 0.104. The van der Waals surface area contributed by atoms with E-state index in [0.717, 1.165) is 16.9 Å². The van der Waals surface area contributed by atoms with Gasteiger partial charge in [-0.3, -0.25) is 9.36 Å². The number of amides is 1. The van der Waals surface area contributed by atoms with Crippen molar-refractivity contribution in [3.8, 4) is 22.8 Å². The van der Waals surface area contributed by atoms with Crippen LogP contribution in [0.4, 0.5) is 10.2 Å². The Kier molecular flexibility index (Phi) is 6.40. The summed E-state index contributed by atoms with van der Waals surface area (Å²) in [5, 5.41) is 16.6. The fraction of sp³-hybridized carbons (Fsp3) is 0.0769. The minimum Gasteiger partial charge on any atom is -0.310 e. The van der Waals surface area contributed by atoms with Crippen LogP contribution >= 0.6 is 11.8 Å². The van der Waals surface area contributed by atoms with Crippen molar-refractivity contribution in [2.75, 3.05) is 11.1 Å². The molecule has 7 nitrogen and oxygen atoms in total. The third-order valence-corrected chi connectivity index (χ3v) is 6.11. The molecular formula is C26H21FN6OS. The Bertz CT molecular complexity index is 1450. The van der Waals surface area contributed by atoms with E-state index in [1.54, 1.807) is 16.8 Å². The minimum atomic E-state index is -0.331. The zero-order chi connectivity index (χ0) is 24.2. The van der Waals surface area contributed by atoms with Crippen LogP contribution in [-0.4, -0.2) is 36.2 Å². The molecule has 0 aliphatic rings. The van der Waals surface area contributed by atoms with E-state index in [1.165, 1.54) is 23.9 Å². The number of hydrogen-bond acceptors (Lipinski definition) is 5. The molecule has 0 spiro atoms. The molecule has 0 radical (unpaired) electrons. The van der Waals surface area contributed by atoms with E-state index in [9.17, 15) is 9.18 Å². The van der Waals surface area contributed by atoms with E-state index in [4.69, 9.17) is 0 Å². The van der Waals surface area contributed by atoms with E-state index in [1.807, 2.05) is 78.2 Å².